The molecular formula is C26H36N5O+. The molecule has 1 aliphatic rings. The SMILES string of the molecule is CCN(CC[N+](C)(C)C)c1ccc(N2N=C(C)C(=Cc3ccc(N(C)C)cc3)C2=O)cc1. The molecule has 0 aromatic heterocycles. The monoisotopic (exact) mass is 434 g/mol. The molecule has 3 rings (SSSR count). The Balaban J connectivity index is 1.75. The number of amides is 1. The van der Waals surface area contributed by atoms with Crippen LogP contribution in [0.1, 0.15) is 19.4 Å². The molecular weight excluding hydrogens is 398 g/mol. The van der Waals surface area contributed by atoms with Gasteiger partial charge in [-0.3, -0.25) is 4.79 Å². The molecule has 1 amide bonds. The highest BCUT2D eigenvalue weighted by molar-refractivity contribution is 6.32. The maximum absolute atomic E-state index is 13.1. The van der Waals surface area contributed by atoms with Gasteiger partial charge in [-0.25, -0.2) is 0 Å². The summed E-state index contributed by atoms with van der Waals surface area (Å²) in [7, 11) is 10.6. The van der Waals surface area contributed by atoms with Crippen molar-refractivity contribution < 1.29 is 9.28 Å². The maximum Gasteiger partial charge on any atom is 0.280 e. The molecule has 0 saturated heterocycles. The normalized spacial score (nSPS) is 15.3. The molecule has 170 valence electrons. The van der Waals surface area contributed by atoms with Gasteiger partial charge in [0, 0.05) is 32.0 Å². The highest BCUT2D eigenvalue weighted by Crippen LogP contribution is 2.27. The van der Waals surface area contributed by atoms with Gasteiger partial charge in [0.15, 0.2) is 0 Å². The standard InChI is InChI=1S/C26H36N5O/c1-8-29(17-18-31(5,6)7)23-13-15-24(16-14-23)30-26(32)25(20(2)27-30)19-21-9-11-22(12-10-21)28(3)4/h9-16,19H,8,17-18H2,1-7H3/q+1. The topological polar surface area (TPSA) is 39.1 Å². The zero-order valence-corrected chi connectivity index (χ0v) is 20.5. The highest BCUT2D eigenvalue weighted by Gasteiger charge is 2.28. The molecule has 32 heavy (non-hydrogen) atoms. The van der Waals surface area contributed by atoms with E-state index in [4.69, 9.17) is 0 Å². The molecule has 6 nitrogen and oxygen atoms in total. The van der Waals surface area contributed by atoms with Gasteiger partial charge in [0.1, 0.15) is 0 Å². The van der Waals surface area contributed by atoms with Crippen LogP contribution in [0.3, 0.4) is 0 Å². The van der Waals surface area contributed by atoms with Gasteiger partial charge in [-0.15, -0.1) is 0 Å². The van der Waals surface area contributed by atoms with E-state index in [0.717, 1.165) is 52.5 Å². The largest absolute Gasteiger partial charge is 0.378 e. The number of carbonyl (C=O) groups is 1. The van der Waals surface area contributed by atoms with E-state index < -0.39 is 0 Å². The Kier molecular flexibility index (Phi) is 7.04. The highest BCUT2D eigenvalue weighted by atomic mass is 16.2. The number of anilines is 3. The number of quaternary nitrogens is 1. The number of likely N-dealkylation sites (N-methyl/N-ethyl adjacent to an activating group) is 2. The third kappa shape index (κ3) is 5.56. The number of carbonyl (C=O) groups excluding carboxylic acids is 1. The minimum Gasteiger partial charge on any atom is -0.378 e. The maximum atomic E-state index is 13.1. The second kappa shape index (κ2) is 9.57. The second-order valence-electron chi connectivity index (χ2n) is 9.46. The first kappa shape index (κ1) is 23.5. The van der Waals surface area contributed by atoms with E-state index in [-0.39, 0.29) is 5.91 Å². The fourth-order valence-corrected chi connectivity index (χ4v) is 3.59. The Morgan fingerprint density at radius 1 is 0.969 bits per heavy atom. The van der Waals surface area contributed by atoms with Crippen LogP contribution in [0, 0.1) is 0 Å². The van der Waals surface area contributed by atoms with Crippen LogP contribution in [-0.2, 0) is 4.79 Å². The lowest BCUT2D eigenvalue weighted by Crippen LogP contribution is -2.42. The fraction of sp³-hybridized carbons (Fsp3) is 0.385. The zero-order chi connectivity index (χ0) is 23.5. The van der Waals surface area contributed by atoms with Crippen molar-refractivity contribution in [2.75, 3.05) is 69.7 Å². The van der Waals surface area contributed by atoms with Gasteiger partial charge >= 0.3 is 0 Å². The molecule has 0 N–H and O–H groups in total. The molecule has 0 radical (unpaired) electrons. The minimum atomic E-state index is -0.0932. The summed E-state index contributed by atoms with van der Waals surface area (Å²) in [6, 6.07) is 16.3. The van der Waals surface area contributed by atoms with Crippen LogP contribution in [0.4, 0.5) is 17.1 Å². The lowest BCUT2D eigenvalue weighted by Gasteiger charge is -2.29. The molecule has 0 atom stereocenters. The van der Waals surface area contributed by atoms with Crippen LogP contribution in [0.5, 0.6) is 0 Å². The predicted octanol–water partition coefficient (Wildman–Crippen LogP) is 4.09. The van der Waals surface area contributed by atoms with E-state index >= 15 is 0 Å². The first-order valence-electron chi connectivity index (χ1n) is 11.1. The van der Waals surface area contributed by atoms with E-state index in [0.29, 0.717) is 5.57 Å². The van der Waals surface area contributed by atoms with Crippen LogP contribution in [0.25, 0.3) is 6.08 Å². The lowest BCUT2D eigenvalue weighted by molar-refractivity contribution is -0.868. The molecule has 1 heterocycles. The van der Waals surface area contributed by atoms with Crippen LogP contribution in [-0.4, -0.2) is 71.0 Å². The van der Waals surface area contributed by atoms with E-state index in [9.17, 15) is 4.79 Å². The van der Waals surface area contributed by atoms with E-state index in [2.05, 4.69) is 55.1 Å². The average Bonchev–Trinajstić information content (AvgIpc) is 3.02. The average molecular weight is 435 g/mol. The lowest BCUT2D eigenvalue weighted by atomic mass is 10.1. The van der Waals surface area contributed by atoms with E-state index in [1.54, 1.807) is 0 Å². The van der Waals surface area contributed by atoms with Crippen LogP contribution in [0.15, 0.2) is 59.2 Å². The number of nitrogens with zero attached hydrogens (tertiary/aromatic N) is 5. The molecule has 6 heteroatoms. The quantitative estimate of drug-likeness (QED) is 0.464. The number of hydrogen-bond donors (Lipinski definition) is 0. The van der Waals surface area contributed by atoms with Crippen molar-refractivity contribution in [1.29, 1.82) is 0 Å². The van der Waals surface area contributed by atoms with E-state index in [1.807, 2.05) is 63.5 Å². The van der Waals surface area contributed by atoms with Crippen molar-refractivity contribution in [3.63, 3.8) is 0 Å². The van der Waals surface area contributed by atoms with Gasteiger partial charge in [-0.1, -0.05) is 12.1 Å². The Morgan fingerprint density at radius 2 is 1.56 bits per heavy atom. The third-order valence-electron chi connectivity index (χ3n) is 5.66. The third-order valence-corrected chi connectivity index (χ3v) is 5.66. The summed E-state index contributed by atoms with van der Waals surface area (Å²) in [6.45, 7) is 7.05. The number of rotatable bonds is 8. The minimum absolute atomic E-state index is 0.0932. The molecule has 0 bridgehead atoms. The van der Waals surface area contributed by atoms with Crippen molar-refractivity contribution in [3.05, 3.63) is 59.7 Å². The molecule has 0 spiro atoms. The molecule has 0 fully saturated rings. The molecule has 2 aromatic carbocycles. The summed E-state index contributed by atoms with van der Waals surface area (Å²) < 4.78 is 0.928. The Labute approximate surface area is 192 Å². The van der Waals surface area contributed by atoms with E-state index in [1.165, 1.54) is 5.01 Å². The number of benzene rings is 2. The molecule has 0 unspecified atom stereocenters. The first-order chi connectivity index (χ1) is 15.1. The molecule has 0 saturated carbocycles. The van der Waals surface area contributed by atoms with Gasteiger partial charge in [0.2, 0.25) is 0 Å². The Hall–Kier alpha value is -3.12. The predicted molar refractivity (Wildman–Crippen MR) is 137 cm³/mol. The molecule has 1 aliphatic heterocycles. The molecule has 0 aliphatic carbocycles. The summed E-state index contributed by atoms with van der Waals surface area (Å²) in [6.07, 6.45) is 1.92. The summed E-state index contributed by atoms with van der Waals surface area (Å²) in [5.41, 5.74) is 5.42. The van der Waals surface area contributed by atoms with Crippen molar-refractivity contribution >= 4 is 34.8 Å². The summed E-state index contributed by atoms with van der Waals surface area (Å²) in [4.78, 5) is 17.5. The number of hydrazone groups is 1. The van der Waals surface area contributed by atoms with Crippen LogP contribution in [0.2, 0.25) is 0 Å². The van der Waals surface area contributed by atoms with Crippen molar-refractivity contribution in [1.82, 2.24) is 0 Å². The molecule has 2 aromatic rings. The number of hydrogen-bond acceptors (Lipinski definition) is 4. The van der Waals surface area contributed by atoms with Gasteiger partial charge in [-0.05, 0) is 61.9 Å². The fourth-order valence-electron chi connectivity index (χ4n) is 3.59. The Morgan fingerprint density at radius 3 is 2.09 bits per heavy atom. The van der Waals surface area contributed by atoms with Crippen molar-refractivity contribution in [2.24, 2.45) is 5.10 Å². The summed E-state index contributed by atoms with van der Waals surface area (Å²) >= 11 is 0. The van der Waals surface area contributed by atoms with Crippen LogP contribution < -0.4 is 14.8 Å². The second-order valence-corrected chi connectivity index (χ2v) is 9.46. The van der Waals surface area contributed by atoms with Gasteiger partial charge in [0.05, 0.1) is 51.2 Å². The van der Waals surface area contributed by atoms with Gasteiger partial charge in [0.25, 0.3) is 5.91 Å². The smallest absolute Gasteiger partial charge is 0.280 e. The van der Waals surface area contributed by atoms with Crippen molar-refractivity contribution in [3.8, 4) is 0 Å². The van der Waals surface area contributed by atoms with Crippen LogP contribution >= 0.6 is 0 Å². The first-order valence-corrected chi connectivity index (χ1v) is 11.1. The van der Waals surface area contributed by atoms with Gasteiger partial charge < -0.3 is 14.3 Å². The zero-order valence-electron chi connectivity index (χ0n) is 20.5. The summed E-state index contributed by atoms with van der Waals surface area (Å²) in [5, 5.41) is 6.04. The Bertz CT molecular complexity index is 998. The summed E-state index contributed by atoms with van der Waals surface area (Å²) in [5.74, 6) is -0.0932. The van der Waals surface area contributed by atoms with Crippen molar-refractivity contribution in [2.45, 2.75) is 13.8 Å². The van der Waals surface area contributed by atoms with Gasteiger partial charge in [-0.2, -0.15) is 10.1 Å².